The number of benzene rings is 3. The molecule has 3 aromatic carbocycles. The van der Waals surface area contributed by atoms with Gasteiger partial charge in [0.1, 0.15) is 17.3 Å². The Hall–Kier alpha value is -4.59. The number of carbonyl (C=O) groups excluding carboxylic acids is 3. The van der Waals surface area contributed by atoms with Gasteiger partial charge in [0, 0.05) is 12.1 Å². The standard InChI is InChI=1S/C29H27NO7/c1-3-15-37-23-13-11-19(12-14-23)26(32)24-25(21-5-4-6-22(31)16-21)30(28(34)27(24)33)17-18-7-9-20(10-8-18)29(35)36-2/h4-14,16,25,31-32H,3,15,17H2,1-2H3/b26-24+. The molecule has 0 spiro atoms. The summed E-state index contributed by atoms with van der Waals surface area (Å²) in [5, 5.41) is 21.3. The molecular weight excluding hydrogens is 474 g/mol. The summed E-state index contributed by atoms with van der Waals surface area (Å²) in [5.41, 5.74) is 1.76. The highest BCUT2D eigenvalue weighted by Crippen LogP contribution is 2.41. The molecule has 1 aliphatic heterocycles. The first-order chi connectivity index (χ1) is 17.8. The molecule has 1 fully saturated rings. The molecule has 3 aromatic rings. The molecule has 1 atom stereocenters. The number of phenolic OH excluding ortho intramolecular Hbond substituents is 1. The second kappa shape index (κ2) is 11.0. The molecule has 0 bridgehead atoms. The van der Waals surface area contributed by atoms with Gasteiger partial charge in [-0.2, -0.15) is 0 Å². The lowest BCUT2D eigenvalue weighted by atomic mass is 9.95. The number of ketones is 1. The second-order valence-corrected chi connectivity index (χ2v) is 8.58. The van der Waals surface area contributed by atoms with Gasteiger partial charge in [0.05, 0.1) is 30.9 Å². The zero-order chi connectivity index (χ0) is 26.5. The van der Waals surface area contributed by atoms with Gasteiger partial charge in [-0.15, -0.1) is 0 Å². The van der Waals surface area contributed by atoms with E-state index in [1.807, 2.05) is 6.92 Å². The summed E-state index contributed by atoms with van der Waals surface area (Å²) in [4.78, 5) is 39.5. The number of methoxy groups -OCH3 is 1. The van der Waals surface area contributed by atoms with Crippen LogP contribution in [0.1, 0.15) is 46.4 Å². The Balaban J connectivity index is 1.75. The quantitative estimate of drug-likeness (QED) is 0.201. The van der Waals surface area contributed by atoms with Crippen LogP contribution >= 0.6 is 0 Å². The minimum absolute atomic E-state index is 0.0346. The Labute approximate surface area is 214 Å². The van der Waals surface area contributed by atoms with E-state index in [0.717, 1.165) is 6.42 Å². The van der Waals surface area contributed by atoms with Crippen LogP contribution in [0, 0.1) is 0 Å². The van der Waals surface area contributed by atoms with Crippen molar-refractivity contribution in [3.8, 4) is 11.5 Å². The highest BCUT2D eigenvalue weighted by molar-refractivity contribution is 6.46. The number of nitrogens with zero attached hydrogens (tertiary/aromatic N) is 1. The van der Waals surface area contributed by atoms with Crippen LogP contribution < -0.4 is 4.74 Å². The van der Waals surface area contributed by atoms with Crippen LogP contribution in [0.5, 0.6) is 11.5 Å². The zero-order valence-electron chi connectivity index (χ0n) is 20.5. The van der Waals surface area contributed by atoms with E-state index in [9.17, 15) is 24.6 Å². The van der Waals surface area contributed by atoms with Gasteiger partial charge >= 0.3 is 5.97 Å². The smallest absolute Gasteiger partial charge is 0.337 e. The number of rotatable bonds is 8. The summed E-state index contributed by atoms with van der Waals surface area (Å²) in [6.45, 7) is 2.58. The van der Waals surface area contributed by atoms with Crippen molar-refractivity contribution in [1.82, 2.24) is 4.90 Å². The first-order valence-corrected chi connectivity index (χ1v) is 11.8. The monoisotopic (exact) mass is 501 g/mol. The number of aliphatic hydroxyl groups is 1. The van der Waals surface area contributed by atoms with Crippen molar-refractivity contribution in [2.24, 2.45) is 0 Å². The molecule has 1 amide bonds. The van der Waals surface area contributed by atoms with Crippen molar-refractivity contribution >= 4 is 23.4 Å². The lowest BCUT2D eigenvalue weighted by molar-refractivity contribution is -0.140. The average molecular weight is 502 g/mol. The Morgan fingerprint density at radius 2 is 1.65 bits per heavy atom. The summed E-state index contributed by atoms with van der Waals surface area (Å²) in [5.74, 6) is -1.84. The van der Waals surface area contributed by atoms with Gasteiger partial charge in [0.15, 0.2) is 0 Å². The molecule has 2 N–H and O–H groups in total. The molecule has 8 heteroatoms. The van der Waals surface area contributed by atoms with Crippen LogP contribution in [-0.4, -0.2) is 46.5 Å². The van der Waals surface area contributed by atoms with Crippen molar-refractivity contribution in [3.63, 3.8) is 0 Å². The van der Waals surface area contributed by atoms with E-state index in [1.165, 1.54) is 24.1 Å². The number of carbonyl (C=O) groups is 3. The number of esters is 1. The molecule has 0 aromatic heterocycles. The molecule has 0 radical (unpaired) electrons. The number of aliphatic hydroxyl groups excluding tert-OH is 1. The molecule has 37 heavy (non-hydrogen) atoms. The van der Waals surface area contributed by atoms with Crippen molar-refractivity contribution in [3.05, 3.63) is 101 Å². The van der Waals surface area contributed by atoms with Gasteiger partial charge < -0.3 is 24.6 Å². The van der Waals surface area contributed by atoms with Gasteiger partial charge in [-0.3, -0.25) is 9.59 Å². The molecule has 8 nitrogen and oxygen atoms in total. The van der Waals surface area contributed by atoms with Crippen LogP contribution in [0.4, 0.5) is 0 Å². The molecule has 0 saturated carbocycles. The van der Waals surface area contributed by atoms with E-state index in [2.05, 4.69) is 0 Å². The maximum atomic E-state index is 13.2. The third-order valence-electron chi connectivity index (χ3n) is 6.05. The molecule has 190 valence electrons. The highest BCUT2D eigenvalue weighted by atomic mass is 16.5. The molecule has 1 heterocycles. The van der Waals surface area contributed by atoms with Crippen LogP contribution in [-0.2, 0) is 20.9 Å². The summed E-state index contributed by atoms with van der Waals surface area (Å²) in [6.07, 6.45) is 0.848. The van der Waals surface area contributed by atoms with Crippen molar-refractivity contribution < 1.29 is 34.1 Å². The van der Waals surface area contributed by atoms with E-state index in [-0.39, 0.29) is 23.6 Å². The lowest BCUT2D eigenvalue weighted by Crippen LogP contribution is -2.29. The Morgan fingerprint density at radius 1 is 0.973 bits per heavy atom. The topological polar surface area (TPSA) is 113 Å². The van der Waals surface area contributed by atoms with Gasteiger partial charge in [-0.25, -0.2) is 4.79 Å². The summed E-state index contributed by atoms with van der Waals surface area (Å²) < 4.78 is 10.3. The van der Waals surface area contributed by atoms with Crippen molar-refractivity contribution in [2.75, 3.05) is 13.7 Å². The van der Waals surface area contributed by atoms with Gasteiger partial charge in [0.25, 0.3) is 11.7 Å². The molecule has 4 rings (SSSR count). The Morgan fingerprint density at radius 3 is 2.27 bits per heavy atom. The summed E-state index contributed by atoms with van der Waals surface area (Å²) in [7, 11) is 1.29. The minimum atomic E-state index is -0.941. The third-order valence-corrected chi connectivity index (χ3v) is 6.05. The van der Waals surface area contributed by atoms with Crippen LogP contribution in [0.3, 0.4) is 0 Å². The maximum absolute atomic E-state index is 13.2. The fourth-order valence-corrected chi connectivity index (χ4v) is 4.23. The second-order valence-electron chi connectivity index (χ2n) is 8.58. The Kier molecular flexibility index (Phi) is 7.57. The number of likely N-dealkylation sites (tertiary alicyclic amines) is 1. The number of aromatic hydroxyl groups is 1. The van der Waals surface area contributed by atoms with Crippen LogP contribution in [0.15, 0.2) is 78.4 Å². The normalized spacial score (nSPS) is 16.6. The number of hydrogen-bond donors (Lipinski definition) is 2. The number of phenols is 1. The Bertz CT molecular complexity index is 1340. The average Bonchev–Trinajstić information content (AvgIpc) is 3.16. The van der Waals surface area contributed by atoms with Crippen molar-refractivity contribution in [2.45, 2.75) is 25.9 Å². The van der Waals surface area contributed by atoms with Crippen LogP contribution in [0.25, 0.3) is 5.76 Å². The largest absolute Gasteiger partial charge is 0.508 e. The van der Waals surface area contributed by atoms with Gasteiger partial charge in [-0.1, -0.05) is 31.2 Å². The van der Waals surface area contributed by atoms with E-state index in [1.54, 1.807) is 60.7 Å². The van der Waals surface area contributed by atoms with E-state index in [0.29, 0.717) is 34.6 Å². The molecule has 1 aliphatic rings. The van der Waals surface area contributed by atoms with E-state index in [4.69, 9.17) is 9.47 Å². The van der Waals surface area contributed by atoms with Crippen molar-refractivity contribution in [1.29, 1.82) is 0 Å². The minimum Gasteiger partial charge on any atom is -0.508 e. The van der Waals surface area contributed by atoms with E-state index >= 15 is 0 Å². The predicted octanol–water partition coefficient (Wildman–Crippen LogP) is 4.59. The summed E-state index contributed by atoms with van der Waals surface area (Å²) >= 11 is 0. The number of Topliss-reactive ketones (excluding diaryl/α,β-unsaturated/α-hetero) is 1. The number of ether oxygens (including phenoxy) is 2. The predicted molar refractivity (Wildman–Crippen MR) is 136 cm³/mol. The molecular formula is C29H27NO7. The SMILES string of the molecule is CCCOc1ccc(/C(O)=C2\C(=O)C(=O)N(Cc3ccc(C(=O)OC)cc3)C2c2cccc(O)c2)cc1. The zero-order valence-corrected chi connectivity index (χ0v) is 20.5. The number of hydrogen-bond acceptors (Lipinski definition) is 7. The molecule has 1 saturated heterocycles. The van der Waals surface area contributed by atoms with Gasteiger partial charge in [0.2, 0.25) is 0 Å². The van der Waals surface area contributed by atoms with Gasteiger partial charge in [-0.05, 0) is 66.1 Å². The molecule has 0 aliphatic carbocycles. The fraction of sp³-hybridized carbons (Fsp3) is 0.207. The van der Waals surface area contributed by atoms with E-state index < -0.39 is 23.7 Å². The summed E-state index contributed by atoms with van der Waals surface area (Å²) in [6, 6.07) is 18.4. The molecule has 1 unspecified atom stereocenters. The fourth-order valence-electron chi connectivity index (χ4n) is 4.23. The number of amides is 1. The van der Waals surface area contributed by atoms with Crippen LogP contribution in [0.2, 0.25) is 0 Å². The third kappa shape index (κ3) is 5.33. The maximum Gasteiger partial charge on any atom is 0.337 e. The first-order valence-electron chi connectivity index (χ1n) is 11.8. The highest BCUT2D eigenvalue weighted by Gasteiger charge is 2.46. The first kappa shape index (κ1) is 25.5. The lowest BCUT2D eigenvalue weighted by Gasteiger charge is -2.25.